The van der Waals surface area contributed by atoms with E-state index >= 15 is 0 Å². The molecule has 11 heteroatoms. The quantitative estimate of drug-likeness (QED) is 0.437. The second-order valence-corrected chi connectivity index (χ2v) is 12.7. The van der Waals surface area contributed by atoms with Crippen LogP contribution in [0.4, 0.5) is 4.79 Å². The smallest absolute Gasteiger partial charge is 0.408 e. The summed E-state index contributed by atoms with van der Waals surface area (Å²) in [4.78, 5) is 68.0. The van der Waals surface area contributed by atoms with E-state index < -0.39 is 46.7 Å². The lowest BCUT2D eigenvalue weighted by Crippen LogP contribution is -2.65. The molecule has 0 aliphatic carbocycles. The molecule has 1 aromatic rings. The van der Waals surface area contributed by atoms with Crippen LogP contribution in [-0.4, -0.2) is 69.9 Å². The van der Waals surface area contributed by atoms with Gasteiger partial charge in [0.15, 0.2) is 0 Å². The Labute approximate surface area is 242 Å². The van der Waals surface area contributed by atoms with E-state index in [0.717, 1.165) is 5.56 Å². The molecule has 3 atom stereocenters. The number of fused-ring (bicyclic) bond motifs is 1. The molecule has 2 saturated heterocycles. The Kier molecular flexibility index (Phi) is 10.0. The Morgan fingerprint density at radius 2 is 1.68 bits per heavy atom. The maximum absolute atomic E-state index is 13.7. The Morgan fingerprint density at radius 1 is 1.00 bits per heavy atom. The number of amides is 5. The van der Waals surface area contributed by atoms with Crippen LogP contribution in [0.1, 0.15) is 85.6 Å². The summed E-state index contributed by atoms with van der Waals surface area (Å²) < 4.78 is 5.40. The number of hydrogen-bond acceptors (Lipinski definition) is 6. The van der Waals surface area contributed by atoms with Gasteiger partial charge in [0.2, 0.25) is 23.6 Å². The van der Waals surface area contributed by atoms with Gasteiger partial charge in [0.1, 0.15) is 28.8 Å². The normalized spacial score (nSPS) is 25.7. The minimum atomic E-state index is -1.35. The first-order valence-corrected chi connectivity index (χ1v) is 14.4. The van der Waals surface area contributed by atoms with Crippen LogP contribution in [0.2, 0.25) is 0 Å². The van der Waals surface area contributed by atoms with Crippen LogP contribution in [0.3, 0.4) is 0 Å². The SMILES string of the molecule is CC(C)(C)OC(=O)N[C@H]1CCCC[C@@](C)(C(=O)NCc2ccccc2)NC(=O)C(C)(C)NC(=O)[C@@H]2CCCN2C1=O. The highest BCUT2D eigenvalue weighted by atomic mass is 16.6. The summed E-state index contributed by atoms with van der Waals surface area (Å²) in [6, 6.07) is 7.77. The van der Waals surface area contributed by atoms with Gasteiger partial charge in [-0.3, -0.25) is 19.2 Å². The Balaban J connectivity index is 1.85. The summed E-state index contributed by atoms with van der Waals surface area (Å²) in [6.45, 7) is 10.7. The summed E-state index contributed by atoms with van der Waals surface area (Å²) in [7, 11) is 0. The first-order chi connectivity index (χ1) is 19.1. The molecular formula is C30H45N5O6. The van der Waals surface area contributed by atoms with E-state index in [4.69, 9.17) is 4.74 Å². The van der Waals surface area contributed by atoms with Crippen molar-refractivity contribution >= 4 is 29.7 Å². The fourth-order valence-electron chi connectivity index (χ4n) is 5.10. The van der Waals surface area contributed by atoms with Crippen molar-refractivity contribution in [3.8, 4) is 0 Å². The van der Waals surface area contributed by atoms with Gasteiger partial charge in [0.05, 0.1) is 0 Å². The number of alkyl carbamates (subject to hydrolysis) is 1. The molecular weight excluding hydrogens is 526 g/mol. The summed E-state index contributed by atoms with van der Waals surface area (Å²) >= 11 is 0. The van der Waals surface area contributed by atoms with Gasteiger partial charge in [-0.2, -0.15) is 0 Å². The molecule has 0 aromatic heterocycles. The largest absolute Gasteiger partial charge is 0.444 e. The maximum atomic E-state index is 13.7. The summed E-state index contributed by atoms with van der Waals surface area (Å²) in [6.07, 6.45) is 1.88. The minimum absolute atomic E-state index is 0.281. The van der Waals surface area contributed by atoms with Gasteiger partial charge in [-0.05, 0) is 72.8 Å². The maximum Gasteiger partial charge on any atom is 0.408 e. The van der Waals surface area contributed by atoms with Gasteiger partial charge >= 0.3 is 6.09 Å². The predicted octanol–water partition coefficient (Wildman–Crippen LogP) is 2.53. The van der Waals surface area contributed by atoms with Crippen molar-refractivity contribution in [2.24, 2.45) is 0 Å². The van der Waals surface area contributed by atoms with Crippen LogP contribution in [0, 0.1) is 0 Å². The lowest BCUT2D eigenvalue weighted by molar-refractivity contribution is -0.143. The monoisotopic (exact) mass is 571 g/mol. The topological polar surface area (TPSA) is 146 Å². The van der Waals surface area contributed by atoms with Crippen molar-refractivity contribution in [3.05, 3.63) is 35.9 Å². The molecule has 2 heterocycles. The fraction of sp³-hybridized carbons (Fsp3) is 0.633. The molecule has 0 radical (unpaired) electrons. The van der Waals surface area contributed by atoms with Gasteiger partial charge in [-0.15, -0.1) is 0 Å². The predicted molar refractivity (Wildman–Crippen MR) is 153 cm³/mol. The Hall–Kier alpha value is -3.63. The molecule has 2 fully saturated rings. The highest BCUT2D eigenvalue weighted by Gasteiger charge is 2.43. The zero-order valence-electron chi connectivity index (χ0n) is 25.1. The Bertz CT molecular complexity index is 1130. The van der Waals surface area contributed by atoms with Crippen LogP contribution < -0.4 is 21.3 Å². The van der Waals surface area contributed by atoms with Gasteiger partial charge in [0.25, 0.3) is 0 Å². The van der Waals surface area contributed by atoms with Crippen LogP contribution in [0.5, 0.6) is 0 Å². The molecule has 4 N–H and O–H groups in total. The lowest BCUT2D eigenvalue weighted by Gasteiger charge is -2.36. The van der Waals surface area contributed by atoms with Gasteiger partial charge in [0, 0.05) is 13.1 Å². The summed E-state index contributed by atoms with van der Waals surface area (Å²) in [5, 5.41) is 11.3. The van der Waals surface area contributed by atoms with E-state index in [1.54, 1.807) is 41.5 Å². The summed E-state index contributed by atoms with van der Waals surface area (Å²) in [5.74, 6) is -1.68. The van der Waals surface area contributed by atoms with E-state index in [2.05, 4.69) is 21.3 Å². The van der Waals surface area contributed by atoms with E-state index in [-0.39, 0.29) is 24.7 Å². The molecule has 1 aromatic carbocycles. The zero-order chi connectivity index (χ0) is 30.4. The van der Waals surface area contributed by atoms with Crippen LogP contribution in [0.25, 0.3) is 0 Å². The average Bonchev–Trinajstić information content (AvgIpc) is 3.37. The van der Waals surface area contributed by atoms with Crippen LogP contribution >= 0.6 is 0 Å². The second-order valence-electron chi connectivity index (χ2n) is 12.7. The summed E-state index contributed by atoms with van der Waals surface area (Å²) in [5.41, 5.74) is -2.47. The number of nitrogens with zero attached hydrogens (tertiary/aromatic N) is 1. The molecule has 2 aliphatic heterocycles. The van der Waals surface area contributed by atoms with Crippen molar-refractivity contribution in [3.63, 3.8) is 0 Å². The standard InChI is InChI=1S/C30H45N5O6/c1-28(2,3)41-27(40)32-21-15-10-11-17-30(6,26(39)31-19-20-13-8-7-9-14-20)34-25(38)29(4,5)33-23(36)22-16-12-18-35(22)24(21)37/h7-9,13-14,21-22H,10-12,15-19H2,1-6H3,(H,31,39)(H,32,40)(H,33,36)(H,34,38)/t21-,22-,30-/m0/s1. The highest BCUT2D eigenvalue weighted by molar-refractivity contribution is 5.98. The minimum Gasteiger partial charge on any atom is -0.444 e. The third kappa shape index (κ3) is 8.68. The van der Waals surface area contributed by atoms with Crippen LogP contribution in [0.15, 0.2) is 30.3 Å². The number of carbonyl (C=O) groups is 5. The molecule has 2 aliphatic rings. The lowest BCUT2D eigenvalue weighted by atomic mass is 9.90. The average molecular weight is 572 g/mol. The van der Waals surface area contributed by atoms with E-state index in [0.29, 0.717) is 38.8 Å². The van der Waals surface area contributed by atoms with E-state index in [9.17, 15) is 24.0 Å². The first-order valence-electron chi connectivity index (χ1n) is 14.4. The number of nitrogens with one attached hydrogen (secondary N) is 4. The van der Waals surface area contributed by atoms with E-state index in [1.807, 2.05) is 30.3 Å². The molecule has 41 heavy (non-hydrogen) atoms. The van der Waals surface area contributed by atoms with Crippen molar-refractivity contribution in [1.82, 2.24) is 26.2 Å². The molecule has 3 rings (SSSR count). The molecule has 226 valence electrons. The van der Waals surface area contributed by atoms with Gasteiger partial charge in [-0.25, -0.2) is 4.79 Å². The zero-order valence-corrected chi connectivity index (χ0v) is 25.1. The highest BCUT2D eigenvalue weighted by Crippen LogP contribution is 2.24. The number of rotatable bonds is 4. The van der Waals surface area contributed by atoms with Crippen molar-refractivity contribution in [2.45, 2.75) is 115 Å². The van der Waals surface area contributed by atoms with Gasteiger partial charge < -0.3 is 30.9 Å². The first kappa shape index (κ1) is 31.9. The molecule has 11 nitrogen and oxygen atoms in total. The third-order valence-corrected chi connectivity index (χ3v) is 7.44. The number of hydrogen-bond donors (Lipinski definition) is 4. The van der Waals surface area contributed by atoms with Gasteiger partial charge in [-0.1, -0.05) is 43.2 Å². The molecule has 5 amide bonds. The fourth-order valence-corrected chi connectivity index (χ4v) is 5.10. The van der Waals surface area contributed by atoms with Crippen molar-refractivity contribution < 1.29 is 28.7 Å². The van der Waals surface area contributed by atoms with E-state index in [1.165, 1.54) is 4.90 Å². The molecule has 0 unspecified atom stereocenters. The number of ether oxygens (including phenoxy) is 1. The third-order valence-electron chi connectivity index (χ3n) is 7.44. The number of benzene rings is 1. The Morgan fingerprint density at radius 3 is 2.34 bits per heavy atom. The second kappa shape index (κ2) is 12.9. The number of carbonyl (C=O) groups excluding carboxylic acids is 5. The van der Waals surface area contributed by atoms with Crippen molar-refractivity contribution in [2.75, 3.05) is 6.54 Å². The van der Waals surface area contributed by atoms with Crippen molar-refractivity contribution in [1.29, 1.82) is 0 Å². The molecule has 0 saturated carbocycles. The molecule has 0 spiro atoms. The van der Waals surface area contributed by atoms with Crippen LogP contribution in [-0.2, 0) is 30.5 Å². The molecule has 0 bridgehead atoms.